The summed E-state index contributed by atoms with van der Waals surface area (Å²) < 4.78 is 0. The third-order valence-corrected chi connectivity index (χ3v) is 11.7. The van der Waals surface area contributed by atoms with Gasteiger partial charge in [0.25, 0.3) is 0 Å². The fraction of sp³-hybridized carbons (Fsp3) is 0.0172. The van der Waals surface area contributed by atoms with Crippen LogP contribution in [-0.2, 0) is 0 Å². The molecule has 11 rings (SSSR count). The van der Waals surface area contributed by atoms with Crippen molar-refractivity contribution in [2.75, 3.05) is 0 Å². The lowest BCUT2D eigenvalue weighted by Crippen LogP contribution is -2.36. The molecule has 0 saturated carbocycles. The van der Waals surface area contributed by atoms with Crippen LogP contribution in [-0.4, -0.2) is 16.7 Å². The van der Waals surface area contributed by atoms with E-state index in [-0.39, 0.29) is 0 Å². The van der Waals surface area contributed by atoms with Crippen LogP contribution >= 0.6 is 0 Å². The molecule has 1 aromatic heterocycles. The maximum absolute atomic E-state index is 5.29. The summed E-state index contributed by atoms with van der Waals surface area (Å²) in [4.78, 5) is 15.8. The van der Waals surface area contributed by atoms with E-state index in [4.69, 9.17) is 15.0 Å². The standard InChI is InChI=1S/C58H40N4/c1-5-16-39(17-6-1)45-24-13-26-48(36-45)57-60-56(61-58(62-57)49-27-14-25-46(37-49)40-18-7-2-8-19-40)44-32-30-41(31-33-44)47-34-35-53-52(38-47)54-50(42-20-9-3-10-21-42)28-15-29-51(54)55(59-53)43-22-11-4-12-23-43/h1-38,56H,(H,60,61,62). The molecule has 0 aliphatic carbocycles. The van der Waals surface area contributed by atoms with Crippen molar-refractivity contribution in [2.24, 2.45) is 9.98 Å². The Hall–Kier alpha value is -8.21. The van der Waals surface area contributed by atoms with Gasteiger partial charge in [-0.1, -0.05) is 206 Å². The van der Waals surface area contributed by atoms with Gasteiger partial charge in [0.1, 0.15) is 11.7 Å². The number of nitrogens with one attached hydrogen (secondary N) is 1. The number of aliphatic imine (C=N–C) groups is 2. The Balaban J connectivity index is 1.00. The van der Waals surface area contributed by atoms with Gasteiger partial charge in [0.2, 0.25) is 0 Å². The smallest absolute Gasteiger partial charge is 0.169 e. The van der Waals surface area contributed by atoms with Crippen LogP contribution in [0.3, 0.4) is 0 Å². The summed E-state index contributed by atoms with van der Waals surface area (Å²) in [5.74, 6) is 1.56. The van der Waals surface area contributed by atoms with Crippen molar-refractivity contribution in [3.63, 3.8) is 0 Å². The number of benzene rings is 9. The molecule has 4 nitrogen and oxygen atoms in total. The van der Waals surface area contributed by atoms with Crippen LogP contribution in [0.25, 0.3) is 77.4 Å². The maximum Gasteiger partial charge on any atom is 0.169 e. The number of aromatic nitrogens is 1. The highest BCUT2D eigenvalue weighted by molar-refractivity contribution is 6.18. The van der Waals surface area contributed by atoms with E-state index in [9.17, 15) is 0 Å². The van der Waals surface area contributed by atoms with E-state index in [0.29, 0.717) is 0 Å². The van der Waals surface area contributed by atoms with Gasteiger partial charge in [-0.25, -0.2) is 15.0 Å². The SMILES string of the molecule is c1ccc(-c2cccc(C3=NC(c4ccc(-c5ccc6nc(-c7ccccc7)c7cccc(-c8ccccc8)c7c6c5)cc4)N=C(c4cccc(-c5ccccc5)c4)N3)c2)cc1. The Morgan fingerprint density at radius 3 is 1.35 bits per heavy atom. The van der Waals surface area contributed by atoms with Crippen molar-refractivity contribution in [3.8, 4) is 55.8 Å². The molecule has 0 saturated heterocycles. The topological polar surface area (TPSA) is 49.6 Å². The van der Waals surface area contributed by atoms with E-state index in [0.717, 1.165) is 89.3 Å². The largest absolute Gasteiger partial charge is 0.324 e. The Labute approximate surface area is 361 Å². The van der Waals surface area contributed by atoms with Gasteiger partial charge in [0.05, 0.1) is 11.2 Å². The van der Waals surface area contributed by atoms with Crippen LogP contribution in [0.15, 0.2) is 241 Å². The molecule has 0 spiro atoms. The fourth-order valence-corrected chi connectivity index (χ4v) is 8.60. The summed E-state index contributed by atoms with van der Waals surface area (Å²) in [5.41, 5.74) is 15.3. The molecule has 9 aromatic carbocycles. The molecule has 0 fully saturated rings. The summed E-state index contributed by atoms with van der Waals surface area (Å²) in [6.07, 6.45) is -0.453. The van der Waals surface area contributed by atoms with Gasteiger partial charge < -0.3 is 5.32 Å². The minimum Gasteiger partial charge on any atom is -0.324 e. The number of hydrogen-bond acceptors (Lipinski definition) is 4. The molecule has 1 aliphatic rings. The number of amidine groups is 2. The number of fused-ring (bicyclic) bond motifs is 3. The Kier molecular flexibility index (Phi) is 9.56. The van der Waals surface area contributed by atoms with E-state index >= 15 is 0 Å². The summed E-state index contributed by atoms with van der Waals surface area (Å²) >= 11 is 0. The number of hydrogen-bond donors (Lipinski definition) is 1. The lowest BCUT2D eigenvalue weighted by atomic mass is 9.91. The zero-order valence-corrected chi connectivity index (χ0v) is 33.9. The zero-order valence-electron chi connectivity index (χ0n) is 33.9. The van der Waals surface area contributed by atoms with Gasteiger partial charge in [-0.05, 0) is 74.3 Å². The van der Waals surface area contributed by atoms with Crippen LogP contribution in [0.1, 0.15) is 22.9 Å². The molecule has 1 N–H and O–H groups in total. The lowest BCUT2D eigenvalue weighted by Gasteiger charge is -2.23. The molecule has 0 amide bonds. The number of rotatable bonds is 8. The van der Waals surface area contributed by atoms with E-state index in [2.05, 4.69) is 224 Å². The normalized spacial score (nSPS) is 12.8. The van der Waals surface area contributed by atoms with Gasteiger partial charge in [0, 0.05) is 32.8 Å². The fourth-order valence-electron chi connectivity index (χ4n) is 8.60. The molecule has 292 valence electrons. The Morgan fingerprint density at radius 2 is 0.774 bits per heavy atom. The Bertz CT molecular complexity index is 3190. The highest BCUT2D eigenvalue weighted by Crippen LogP contribution is 2.40. The molecule has 1 aliphatic heterocycles. The second-order valence-electron chi connectivity index (χ2n) is 15.6. The summed E-state index contributed by atoms with van der Waals surface area (Å²) in [7, 11) is 0. The van der Waals surface area contributed by atoms with Crippen LogP contribution in [0.4, 0.5) is 0 Å². The van der Waals surface area contributed by atoms with E-state index in [1.807, 2.05) is 12.1 Å². The van der Waals surface area contributed by atoms with Gasteiger partial charge in [-0.2, -0.15) is 0 Å². The molecular weight excluding hydrogens is 753 g/mol. The summed E-state index contributed by atoms with van der Waals surface area (Å²) in [5, 5.41) is 7.09. The molecule has 4 heteroatoms. The molecule has 10 aromatic rings. The maximum atomic E-state index is 5.29. The van der Waals surface area contributed by atoms with Gasteiger partial charge in [0.15, 0.2) is 6.17 Å². The first-order valence-electron chi connectivity index (χ1n) is 21.0. The minimum absolute atomic E-state index is 0.453. The summed E-state index contributed by atoms with van der Waals surface area (Å²) in [6, 6.07) is 81.2. The van der Waals surface area contributed by atoms with Crippen LogP contribution in [0, 0.1) is 0 Å². The summed E-state index contributed by atoms with van der Waals surface area (Å²) in [6.45, 7) is 0. The average Bonchev–Trinajstić information content (AvgIpc) is 3.37. The van der Waals surface area contributed by atoms with Crippen molar-refractivity contribution in [1.82, 2.24) is 10.3 Å². The monoisotopic (exact) mass is 792 g/mol. The van der Waals surface area contributed by atoms with Crippen molar-refractivity contribution in [3.05, 3.63) is 247 Å². The van der Waals surface area contributed by atoms with Crippen LogP contribution in [0.2, 0.25) is 0 Å². The molecule has 0 radical (unpaired) electrons. The quantitative estimate of drug-likeness (QED) is 0.156. The van der Waals surface area contributed by atoms with Crippen LogP contribution in [0.5, 0.6) is 0 Å². The zero-order chi connectivity index (χ0) is 41.2. The van der Waals surface area contributed by atoms with E-state index in [1.165, 1.54) is 16.5 Å². The highest BCUT2D eigenvalue weighted by Gasteiger charge is 2.22. The average molecular weight is 793 g/mol. The third-order valence-electron chi connectivity index (χ3n) is 11.7. The molecular formula is C58H40N4. The number of pyridine rings is 1. The van der Waals surface area contributed by atoms with Crippen molar-refractivity contribution < 1.29 is 0 Å². The van der Waals surface area contributed by atoms with Crippen molar-refractivity contribution in [2.45, 2.75) is 6.17 Å². The second kappa shape index (κ2) is 16.1. The third kappa shape index (κ3) is 7.14. The molecule has 2 heterocycles. The minimum atomic E-state index is -0.453. The van der Waals surface area contributed by atoms with E-state index in [1.54, 1.807) is 0 Å². The second-order valence-corrected chi connectivity index (χ2v) is 15.6. The molecule has 62 heavy (non-hydrogen) atoms. The van der Waals surface area contributed by atoms with Crippen LogP contribution < -0.4 is 5.32 Å². The first-order valence-corrected chi connectivity index (χ1v) is 21.0. The number of nitrogens with zero attached hydrogens (tertiary/aromatic N) is 3. The van der Waals surface area contributed by atoms with Gasteiger partial charge >= 0.3 is 0 Å². The lowest BCUT2D eigenvalue weighted by molar-refractivity contribution is 0.756. The highest BCUT2D eigenvalue weighted by atomic mass is 15.2. The Morgan fingerprint density at radius 1 is 0.323 bits per heavy atom. The predicted molar refractivity (Wildman–Crippen MR) is 258 cm³/mol. The van der Waals surface area contributed by atoms with E-state index < -0.39 is 6.17 Å². The molecule has 0 atom stereocenters. The first-order chi connectivity index (χ1) is 30.7. The first kappa shape index (κ1) is 36.8. The van der Waals surface area contributed by atoms with Crippen molar-refractivity contribution in [1.29, 1.82) is 0 Å². The molecule has 0 bridgehead atoms. The van der Waals surface area contributed by atoms with Crippen molar-refractivity contribution >= 4 is 33.3 Å². The van der Waals surface area contributed by atoms with Gasteiger partial charge in [-0.15, -0.1) is 0 Å². The van der Waals surface area contributed by atoms with Gasteiger partial charge in [-0.3, -0.25) is 0 Å². The predicted octanol–water partition coefficient (Wildman–Crippen LogP) is 14.2. The molecule has 0 unspecified atom stereocenters.